The highest BCUT2D eigenvalue weighted by molar-refractivity contribution is 7.47. The summed E-state index contributed by atoms with van der Waals surface area (Å²) in [5.74, 6) is -1.55. The van der Waals surface area contributed by atoms with Gasteiger partial charge in [0.1, 0.15) is 25.4 Å². The second-order valence-electron chi connectivity index (χ2n) is 36.7. The maximum Gasteiger partial charge on any atom is 0.472 e. The summed E-state index contributed by atoms with van der Waals surface area (Å²) in [6.45, 7) is 2.62. The molecule has 16 nitrogen and oxygen atoms in total. The molecule has 5 atom stereocenters. The van der Waals surface area contributed by atoms with Gasteiger partial charge in [-0.3, -0.25) is 32.5 Å². The molecule has 0 aromatic carbocycles. The number of aliphatic hydroxyl groups excluding tert-OH is 2. The zero-order valence-corrected chi connectivity index (χ0v) is 87.2. The lowest BCUT2D eigenvalue weighted by atomic mass is 10.0. The van der Waals surface area contributed by atoms with E-state index in [-0.39, 0.29) is 19.3 Å². The first-order valence-corrected chi connectivity index (χ1v) is 57.8. The average Bonchev–Trinajstić information content (AvgIpc) is 0.896. The van der Waals surface area contributed by atoms with Gasteiger partial charge in [-0.2, -0.15) is 0 Å². The number of rotatable bonds is 104. The minimum absolute atomic E-state index is 0.104. The zero-order chi connectivity index (χ0) is 96.4. The van der Waals surface area contributed by atoms with E-state index in [0.717, 1.165) is 141 Å². The third-order valence-corrected chi connectivity index (χ3v) is 25.6. The summed E-state index contributed by atoms with van der Waals surface area (Å²) in [5, 5.41) is 20.8. The Bertz CT molecular complexity index is 3050. The number of aliphatic hydroxyl groups is 2. The van der Waals surface area contributed by atoms with Crippen LogP contribution in [0.1, 0.15) is 496 Å². The first kappa shape index (κ1) is 128. The van der Waals surface area contributed by atoms with Gasteiger partial charge >= 0.3 is 33.6 Å². The van der Waals surface area contributed by atoms with Crippen molar-refractivity contribution in [1.82, 2.24) is 0 Å². The lowest BCUT2D eigenvalue weighted by Gasteiger charge is -2.21. The molecule has 4 N–H and O–H groups in total. The molecule has 5 unspecified atom stereocenters. The lowest BCUT2D eigenvalue weighted by molar-refractivity contribution is -0.161. The molecular weight excluding hydrogens is 1700 g/mol. The second kappa shape index (κ2) is 106. The van der Waals surface area contributed by atoms with Crippen LogP contribution in [0.25, 0.3) is 0 Å². The molecule has 0 heterocycles. The standard InChI is InChI=1S/C115H202O16P2/c1-4-7-10-13-16-19-22-25-28-31-34-37-40-43-46-49-52-54-57-59-62-65-68-71-74-77-80-83-86-89-92-95-98-101-113(118)125-104-110(116)105-127-132(121,122)128-106-111(117)107-129-133(123,124)130-109-112(131-115(120)103-100-97-94-91-88-85-82-79-76-73-70-67-64-61-56-51-48-45-42-39-36-33-30-27-24-21-18-15-12-9-6-3)108-126-114(119)102-99-96-93-90-87-84-81-78-75-72-69-66-63-60-58-55-53-50-47-44-41-38-35-32-29-26-23-20-17-14-11-8-5-2/h9,12,16-21,25-30,34-39,43-48,110-112,116-117H,4-8,10-11,13-15,22-24,31-33,40-42,49-109H2,1-3H3,(H,121,122)(H,123,124)/b12-9-,19-16-,20-17-,21-18-,28-25-,29-26-,30-27-,37-34-,38-35-,39-36-,46-43-,47-44-,48-45-. The van der Waals surface area contributed by atoms with Crippen LogP contribution in [-0.4, -0.2) is 95.9 Å². The minimum atomic E-state index is -4.95. The molecule has 0 aliphatic heterocycles. The molecule has 0 aromatic heterocycles. The number of hydrogen-bond acceptors (Lipinski definition) is 14. The van der Waals surface area contributed by atoms with Crippen molar-refractivity contribution < 1.29 is 75.8 Å². The molecule has 0 fully saturated rings. The predicted molar refractivity (Wildman–Crippen MR) is 565 cm³/mol. The van der Waals surface area contributed by atoms with E-state index >= 15 is 0 Å². The number of esters is 3. The van der Waals surface area contributed by atoms with Gasteiger partial charge in [-0.25, -0.2) is 9.13 Å². The molecule has 0 saturated carbocycles. The SMILES string of the molecule is CC/C=C\C/C=C\C/C=C\C/C=C\C/C=C\CCCCCCCCCCCCCCCCCC(=O)OC(COC(=O)CCCCCCCCCCCCCCCCCCC/C=C\C/C=C\C/C=C\C/C=C\CCCCC)COP(=O)(O)OCC(O)COP(=O)(O)OCC(O)COC(=O)CCCCCCCCCCCCCCCCCCC/C=C\C/C=C\C/C=C\C/C=C\CCCCC. The normalized spacial score (nSPS) is 14.2. The van der Waals surface area contributed by atoms with Crippen molar-refractivity contribution in [2.24, 2.45) is 0 Å². The highest BCUT2D eigenvalue weighted by Gasteiger charge is 2.30. The zero-order valence-electron chi connectivity index (χ0n) is 85.4. The summed E-state index contributed by atoms with van der Waals surface area (Å²) >= 11 is 0. The van der Waals surface area contributed by atoms with Crippen LogP contribution in [0.5, 0.6) is 0 Å². The van der Waals surface area contributed by atoms with Crippen LogP contribution in [0, 0.1) is 0 Å². The second-order valence-corrected chi connectivity index (χ2v) is 39.6. The summed E-state index contributed by atoms with van der Waals surface area (Å²) in [6.07, 6.45) is 139. The van der Waals surface area contributed by atoms with Crippen LogP contribution in [0.2, 0.25) is 0 Å². The van der Waals surface area contributed by atoms with Gasteiger partial charge in [0.15, 0.2) is 6.10 Å². The number of allylic oxidation sites excluding steroid dienone is 26. The molecule has 0 radical (unpaired) electrons. The third kappa shape index (κ3) is 107. The van der Waals surface area contributed by atoms with Crippen LogP contribution in [0.4, 0.5) is 0 Å². The first-order valence-electron chi connectivity index (χ1n) is 54.8. The molecule has 0 aliphatic carbocycles. The van der Waals surface area contributed by atoms with E-state index in [4.69, 9.17) is 32.3 Å². The molecule has 0 spiro atoms. The number of ether oxygens (including phenoxy) is 3. The summed E-state index contributed by atoms with van der Waals surface area (Å²) < 4.78 is 61.8. The molecule has 0 saturated heterocycles. The van der Waals surface area contributed by atoms with Crippen LogP contribution in [0.3, 0.4) is 0 Å². The van der Waals surface area contributed by atoms with Crippen LogP contribution < -0.4 is 0 Å². The molecule has 18 heteroatoms. The summed E-state index contributed by atoms with van der Waals surface area (Å²) in [7, 11) is -9.82. The smallest absolute Gasteiger partial charge is 0.463 e. The molecular formula is C115H202O16P2. The van der Waals surface area contributed by atoms with Crippen LogP contribution >= 0.6 is 15.6 Å². The Balaban J connectivity index is 4.60. The number of phosphoric ester groups is 2. The summed E-state index contributed by atoms with van der Waals surface area (Å²) in [6, 6.07) is 0. The monoisotopic (exact) mass is 1900 g/mol. The van der Waals surface area contributed by atoms with Gasteiger partial charge in [-0.05, 0) is 154 Å². The van der Waals surface area contributed by atoms with Gasteiger partial charge in [0.2, 0.25) is 0 Å². The van der Waals surface area contributed by atoms with E-state index in [2.05, 4.69) is 179 Å². The van der Waals surface area contributed by atoms with Gasteiger partial charge in [-0.15, -0.1) is 0 Å². The molecule has 768 valence electrons. The Morgan fingerprint density at radius 3 is 0.632 bits per heavy atom. The van der Waals surface area contributed by atoms with Gasteiger partial charge in [0, 0.05) is 19.3 Å². The number of carbonyl (C=O) groups excluding carboxylic acids is 3. The van der Waals surface area contributed by atoms with Crippen molar-refractivity contribution in [2.75, 3.05) is 39.6 Å². The number of carbonyl (C=O) groups is 3. The Kier molecular flexibility index (Phi) is 102. The summed E-state index contributed by atoms with van der Waals surface area (Å²) in [5.41, 5.74) is 0. The third-order valence-electron chi connectivity index (χ3n) is 23.7. The molecule has 0 rings (SSSR count). The highest BCUT2D eigenvalue weighted by Crippen LogP contribution is 2.45. The molecule has 0 aliphatic rings. The minimum Gasteiger partial charge on any atom is -0.463 e. The highest BCUT2D eigenvalue weighted by atomic mass is 31.2. The number of unbranched alkanes of at least 4 members (excludes halogenated alkanes) is 55. The Labute approximate surface area is 816 Å². The summed E-state index contributed by atoms with van der Waals surface area (Å²) in [4.78, 5) is 59.3. The fourth-order valence-electron chi connectivity index (χ4n) is 15.5. The molecule has 0 bridgehead atoms. The maximum absolute atomic E-state index is 13.2. The largest absolute Gasteiger partial charge is 0.472 e. The van der Waals surface area contributed by atoms with Crippen molar-refractivity contribution in [3.8, 4) is 0 Å². The van der Waals surface area contributed by atoms with E-state index in [9.17, 15) is 43.5 Å². The lowest BCUT2D eigenvalue weighted by Crippen LogP contribution is -2.30. The molecule has 0 amide bonds. The van der Waals surface area contributed by atoms with Gasteiger partial charge in [-0.1, -0.05) is 481 Å². The van der Waals surface area contributed by atoms with Crippen molar-refractivity contribution in [3.63, 3.8) is 0 Å². The molecule has 133 heavy (non-hydrogen) atoms. The van der Waals surface area contributed by atoms with E-state index in [1.807, 2.05) is 0 Å². The topological polar surface area (TPSA) is 231 Å². The van der Waals surface area contributed by atoms with E-state index < -0.39 is 91.5 Å². The number of phosphoric acid groups is 2. The van der Waals surface area contributed by atoms with Crippen molar-refractivity contribution in [2.45, 2.75) is 514 Å². The van der Waals surface area contributed by atoms with E-state index in [1.165, 1.54) is 295 Å². The Morgan fingerprint density at radius 2 is 0.398 bits per heavy atom. The van der Waals surface area contributed by atoms with Gasteiger partial charge in [0.25, 0.3) is 0 Å². The quantitative estimate of drug-likeness (QED) is 0.0146. The average molecular weight is 1900 g/mol. The Morgan fingerprint density at radius 1 is 0.218 bits per heavy atom. The maximum atomic E-state index is 13.2. The van der Waals surface area contributed by atoms with Gasteiger partial charge in [0.05, 0.1) is 26.4 Å². The van der Waals surface area contributed by atoms with Crippen LogP contribution in [-0.2, 0) is 55.8 Å². The predicted octanol–water partition coefficient (Wildman–Crippen LogP) is 35.1. The van der Waals surface area contributed by atoms with Crippen LogP contribution in [0.15, 0.2) is 158 Å². The van der Waals surface area contributed by atoms with E-state index in [1.54, 1.807) is 0 Å². The Hall–Kier alpha value is -4.83. The van der Waals surface area contributed by atoms with Crippen molar-refractivity contribution in [3.05, 3.63) is 158 Å². The fourth-order valence-corrected chi connectivity index (χ4v) is 17.0. The van der Waals surface area contributed by atoms with Crippen molar-refractivity contribution in [1.29, 1.82) is 0 Å². The molecule has 0 aromatic rings. The first-order chi connectivity index (χ1) is 65.2. The van der Waals surface area contributed by atoms with Crippen molar-refractivity contribution >= 4 is 33.6 Å². The van der Waals surface area contributed by atoms with E-state index in [0.29, 0.717) is 19.3 Å². The van der Waals surface area contributed by atoms with Gasteiger partial charge < -0.3 is 34.2 Å². The fraction of sp³-hybridized carbons (Fsp3) is 0.748. The number of hydrogen-bond donors (Lipinski definition) is 4.